The van der Waals surface area contributed by atoms with E-state index in [2.05, 4.69) is 10.5 Å². The number of nitro groups is 1. The molecule has 0 radical (unpaired) electrons. The number of ether oxygens (including phenoxy) is 2. The Morgan fingerprint density at radius 3 is 2.47 bits per heavy atom. The van der Waals surface area contributed by atoms with E-state index in [1.807, 2.05) is 6.92 Å². The minimum atomic E-state index is -3.80. The number of nitro benzene ring substituents is 1. The van der Waals surface area contributed by atoms with Crippen LogP contribution in [0.2, 0.25) is 0 Å². The van der Waals surface area contributed by atoms with Gasteiger partial charge in [0.15, 0.2) is 5.75 Å². The van der Waals surface area contributed by atoms with E-state index in [0.29, 0.717) is 17.9 Å². The maximum absolute atomic E-state index is 12.6. The fourth-order valence-electron chi connectivity index (χ4n) is 2.86. The number of carbonyl (C=O) groups excluding carboxylic acids is 1. The fourth-order valence-corrected chi connectivity index (χ4v) is 4.03. The molecule has 32 heavy (non-hydrogen) atoms. The SMILES string of the molecule is CCOc1ccc(N([C@H](C)C(=O)N/N=C\c2ccc(OC)c([N+](=O)[O-])c2)S(C)(=O)=O)cc1. The molecule has 0 spiro atoms. The van der Waals surface area contributed by atoms with Crippen molar-refractivity contribution in [3.8, 4) is 11.5 Å². The first kappa shape index (κ1) is 24.6. The molecular formula is C20H24N4O7S. The maximum Gasteiger partial charge on any atom is 0.311 e. The van der Waals surface area contributed by atoms with Crippen molar-refractivity contribution in [1.82, 2.24) is 5.43 Å². The number of hydrogen-bond acceptors (Lipinski definition) is 8. The molecule has 2 rings (SSSR count). The van der Waals surface area contributed by atoms with Gasteiger partial charge >= 0.3 is 5.69 Å². The van der Waals surface area contributed by atoms with E-state index in [1.54, 1.807) is 12.1 Å². The Morgan fingerprint density at radius 2 is 1.94 bits per heavy atom. The quantitative estimate of drug-likeness (QED) is 0.323. The van der Waals surface area contributed by atoms with Gasteiger partial charge in [0.1, 0.15) is 11.8 Å². The molecule has 0 aromatic heterocycles. The largest absolute Gasteiger partial charge is 0.494 e. The summed E-state index contributed by atoms with van der Waals surface area (Å²) in [6.45, 7) is 3.71. The zero-order valence-corrected chi connectivity index (χ0v) is 18.8. The Labute approximate surface area is 185 Å². The van der Waals surface area contributed by atoms with Crippen LogP contribution in [0, 0.1) is 10.1 Å². The maximum atomic E-state index is 12.6. The van der Waals surface area contributed by atoms with Crippen LogP contribution < -0.4 is 19.2 Å². The highest BCUT2D eigenvalue weighted by Gasteiger charge is 2.29. The third kappa shape index (κ3) is 6.17. The number of hydrogen-bond donors (Lipinski definition) is 1. The van der Waals surface area contributed by atoms with Crippen molar-refractivity contribution >= 4 is 33.5 Å². The van der Waals surface area contributed by atoms with Crippen molar-refractivity contribution in [3.63, 3.8) is 0 Å². The molecule has 0 unspecified atom stereocenters. The first-order valence-corrected chi connectivity index (χ1v) is 11.3. The normalized spacial score (nSPS) is 12.2. The first-order chi connectivity index (χ1) is 15.1. The molecule has 0 aliphatic heterocycles. The van der Waals surface area contributed by atoms with Crippen LogP contribution in [0.3, 0.4) is 0 Å². The molecule has 0 saturated carbocycles. The van der Waals surface area contributed by atoms with Gasteiger partial charge in [0, 0.05) is 11.6 Å². The Hall–Kier alpha value is -3.67. The van der Waals surface area contributed by atoms with Crippen molar-refractivity contribution < 1.29 is 27.6 Å². The molecule has 1 amide bonds. The van der Waals surface area contributed by atoms with Crippen LogP contribution in [-0.4, -0.2) is 51.5 Å². The second-order valence-electron chi connectivity index (χ2n) is 6.58. The molecule has 1 N–H and O–H groups in total. The number of benzene rings is 2. The van der Waals surface area contributed by atoms with E-state index in [4.69, 9.17) is 9.47 Å². The monoisotopic (exact) mass is 464 g/mol. The van der Waals surface area contributed by atoms with Gasteiger partial charge < -0.3 is 9.47 Å². The Morgan fingerprint density at radius 1 is 1.28 bits per heavy atom. The number of sulfonamides is 1. The van der Waals surface area contributed by atoms with Crippen LogP contribution in [0.4, 0.5) is 11.4 Å². The Kier molecular flexibility index (Phi) is 8.13. The minimum Gasteiger partial charge on any atom is -0.494 e. The highest BCUT2D eigenvalue weighted by molar-refractivity contribution is 7.92. The van der Waals surface area contributed by atoms with E-state index in [9.17, 15) is 23.3 Å². The molecule has 172 valence electrons. The van der Waals surface area contributed by atoms with Gasteiger partial charge in [-0.05, 0) is 50.2 Å². The number of amides is 1. The number of nitrogens with one attached hydrogen (secondary N) is 1. The van der Waals surface area contributed by atoms with Crippen molar-refractivity contribution in [1.29, 1.82) is 0 Å². The molecule has 0 saturated heterocycles. The lowest BCUT2D eigenvalue weighted by Crippen LogP contribution is -2.46. The molecule has 0 aliphatic rings. The molecule has 0 aliphatic carbocycles. The molecule has 12 heteroatoms. The number of hydrazone groups is 1. The highest BCUT2D eigenvalue weighted by Crippen LogP contribution is 2.27. The lowest BCUT2D eigenvalue weighted by Gasteiger charge is -2.27. The van der Waals surface area contributed by atoms with Crippen LogP contribution in [0.1, 0.15) is 19.4 Å². The Balaban J connectivity index is 2.18. The van der Waals surface area contributed by atoms with Crippen LogP contribution >= 0.6 is 0 Å². The molecule has 2 aromatic carbocycles. The lowest BCUT2D eigenvalue weighted by molar-refractivity contribution is -0.385. The second kappa shape index (κ2) is 10.6. The van der Waals surface area contributed by atoms with E-state index in [-0.39, 0.29) is 17.1 Å². The van der Waals surface area contributed by atoms with Gasteiger partial charge in [-0.1, -0.05) is 0 Å². The van der Waals surface area contributed by atoms with Gasteiger partial charge in [-0.2, -0.15) is 5.10 Å². The third-order valence-corrected chi connectivity index (χ3v) is 5.52. The zero-order valence-electron chi connectivity index (χ0n) is 18.0. The molecule has 1 atom stereocenters. The van der Waals surface area contributed by atoms with E-state index in [0.717, 1.165) is 10.6 Å². The predicted molar refractivity (Wildman–Crippen MR) is 120 cm³/mol. The summed E-state index contributed by atoms with van der Waals surface area (Å²) in [5, 5.41) is 14.9. The molecular weight excluding hydrogens is 440 g/mol. The zero-order chi connectivity index (χ0) is 23.9. The summed E-state index contributed by atoms with van der Waals surface area (Å²) < 4.78 is 35.9. The average molecular weight is 465 g/mol. The summed E-state index contributed by atoms with van der Waals surface area (Å²) in [5.74, 6) is -0.0347. The van der Waals surface area contributed by atoms with Crippen LogP contribution in [0.15, 0.2) is 47.6 Å². The molecule has 0 bridgehead atoms. The van der Waals surface area contributed by atoms with Gasteiger partial charge in [0.2, 0.25) is 10.0 Å². The minimum absolute atomic E-state index is 0.0870. The Bertz CT molecular complexity index is 1100. The summed E-state index contributed by atoms with van der Waals surface area (Å²) in [7, 11) is -2.48. The number of carbonyl (C=O) groups is 1. The number of methoxy groups -OCH3 is 1. The van der Waals surface area contributed by atoms with E-state index >= 15 is 0 Å². The summed E-state index contributed by atoms with van der Waals surface area (Å²) >= 11 is 0. The summed E-state index contributed by atoms with van der Waals surface area (Å²) in [6, 6.07) is 9.33. The van der Waals surface area contributed by atoms with Crippen LogP contribution in [0.25, 0.3) is 0 Å². The molecule has 2 aromatic rings. The van der Waals surface area contributed by atoms with Crippen molar-refractivity contribution in [2.75, 3.05) is 24.3 Å². The number of rotatable bonds is 10. The van der Waals surface area contributed by atoms with Gasteiger partial charge in [-0.15, -0.1) is 0 Å². The van der Waals surface area contributed by atoms with Gasteiger partial charge in [0.05, 0.1) is 36.8 Å². The summed E-state index contributed by atoms with van der Waals surface area (Å²) in [6.07, 6.45) is 2.20. The van der Waals surface area contributed by atoms with Crippen molar-refractivity contribution in [2.45, 2.75) is 19.9 Å². The summed E-state index contributed by atoms with van der Waals surface area (Å²) in [4.78, 5) is 23.1. The summed E-state index contributed by atoms with van der Waals surface area (Å²) in [5.41, 5.74) is 2.64. The van der Waals surface area contributed by atoms with Crippen LogP contribution in [-0.2, 0) is 14.8 Å². The van der Waals surface area contributed by atoms with Gasteiger partial charge in [-0.3, -0.25) is 19.2 Å². The highest BCUT2D eigenvalue weighted by atomic mass is 32.2. The number of anilines is 1. The smallest absolute Gasteiger partial charge is 0.311 e. The second-order valence-corrected chi connectivity index (χ2v) is 8.44. The molecule has 11 nitrogen and oxygen atoms in total. The number of nitrogens with zero attached hydrogens (tertiary/aromatic N) is 3. The fraction of sp³-hybridized carbons (Fsp3) is 0.300. The standard InChI is InChI=1S/C20H24N4O7S/c1-5-31-17-9-7-16(8-10-17)23(32(4,28)29)14(2)20(25)22-21-13-15-6-11-19(30-3)18(12-15)24(26)27/h6-14H,5H2,1-4H3,(H,22,25)/b21-13-/t14-/m1/s1. The first-order valence-electron chi connectivity index (χ1n) is 9.46. The van der Waals surface area contributed by atoms with Crippen LogP contribution in [0.5, 0.6) is 11.5 Å². The lowest BCUT2D eigenvalue weighted by atomic mass is 10.2. The third-order valence-electron chi connectivity index (χ3n) is 4.28. The van der Waals surface area contributed by atoms with E-state index < -0.39 is 26.9 Å². The molecule has 0 fully saturated rings. The van der Waals surface area contributed by atoms with Crippen molar-refractivity contribution in [2.24, 2.45) is 5.10 Å². The van der Waals surface area contributed by atoms with E-state index in [1.165, 1.54) is 50.6 Å². The van der Waals surface area contributed by atoms with Gasteiger partial charge in [0.25, 0.3) is 5.91 Å². The molecule has 0 heterocycles. The average Bonchev–Trinajstić information content (AvgIpc) is 2.74. The predicted octanol–water partition coefficient (Wildman–Crippen LogP) is 2.31. The van der Waals surface area contributed by atoms with Gasteiger partial charge in [-0.25, -0.2) is 13.8 Å². The van der Waals surface area contributed by atoms with Crippen molar-refractivity contribution in [3.05, 3.63) is 58.1 Å². The topological polar surface area (TPSA) is 140 Å².